The number of hydrogen-bond acceptors (Lipinski definition) is 3. The molecule has 0 aliphatic heterocycles. The van der Waals surface area contributed by atoms with E-state index in [1.165, 1.54) is 17.0 Å². The minimum Gasteiger partial charge on any atom is -0.353 e. The summed E-state index contributed by atoms with van der Waals surface area (Å²) in [6.07, 6.45) is 2.01. The van der Waals surface area contributed by atoms with Gasteiger partial charge in [-0.2, -0.15) is 0 Å². The zero-order valence-electron chi connectivity index (χ0n) is 12.0. The molecule has 0 spiro atoms. The Morgan fingerprint density at radius 1 is 1.40 bits per heavy atom. The van der Waals surface area contributed by atoms with E-state index in [-0.39, 0.29) is 12.1 Å². The molecule has 2 rings (SSSR count). The summed E-state index contributed by atoms with van der Waals surface area (Å²) in [7, 11) is 6.03. The Hall–Kier alpha value is -1.79. The molecule has 2 N–H and O–H groups in total. The molecule has 0 aliphatic carbocycles. The number of anilines is 1. The van der Waals surface area contributed by atoms with Crippen molar-refractivity contribution in [2.24, 2.45) is 7.05 Å². The fourth-order valence-corrected chi connectivity index (χ4v) is 2.68. The SMILES string of the molecule is CN(C)[C@H](CNC(=O)Nc1cccs1)c1cccn1C. The van der Waals surface area contributed by atoms with Crippen LogP contribution in [0.2, 0.25) is 0 Å². The first-order chi connectivity index (χ1) is 9.58. The van der Waals surface area contributed by atoms with Crippen molar-refractivity contribution in [3.63, 3.8) is 0 Å². The highest BCUT2D eigenvalue weighted by molar-refractivity contribution is 7.14. The van der Waals surface area contributed by atoms with Crippen LogP contribution in [0.5, 0.6) is 0 Å². The number of aromatic nitrogens is 1. The van der Waals surface area contributed by atoms with E-state index in [2.05, 4.69) is 26.2 Å². The van der Waals surface area contributed by atoms with Crippen molar-refractivity contribution < 1.29 is 4.79 Å². The van der Waals surface area contributed by atoms with Crippen LogP contribution >= 0.6 is 11.3 Å². The number of nitrogens with zero attached hydrogens (tertiary/aromatic N) is 2. The van der Waals surface area contributed by atoms with E-state index in [9.17, 15) is 4.79 Å². The molecule has 2 aromatic rings. The van der Waals surface area contributed by atoms with Crippen molar-refractivity contribution in [1.29, 1.82) is 0 Å². The molecule has 0 radical (unpaired) electrons. The van der Waals surface area contributed by atoms with Gasteiger partial charge in [0.05, 0.1) is 11.0 Å². The van der Waals surface area contributed by atoms with Gasteiger partial charge in [-0.05, 0) is 43.7 Å². The van der Waals surface area contributed by atoms with Gasteiger partial charge < -0.3 is 9.88 Å². The lowest BCUT2D eigenvalue weighted by Gasteiger charge is -2.25. The Bertz CT molecular complexity index is 547. The Morgan fingerprint density at radius 3 is 2.75 bits per heavy atom. The Balaban J connectivity index is 1.93. The fourth-order valence-electron chi connectivity index (χ4n) is 2.07. The molecule has 2 aromatic heterocycles. The molecule has 2 heterocycles. The van der Waals surface area contributed by atoms with Gasteiger partial charge in [0.25, 0.3) is 0 Å². The average molecular weight is 292 g/mol. The monoisotopic (exact) mass is 292 g/mol. The minimum atomic E-state index is -0.173. The van der Waals surface area contributed by atoms with Gasteiger partial charge in [0.2, 0.25) is 0 Å². The molecule has 0 bridgehead atoms. The molecule has 6 heteroatoms. The lowest BCUT2D eigenvalue weighted by atomic mass is 10.2. The molecule has 108 valence electrons. The normalized spacial score (nSPS) is 12.4. The van der Waals surface area contributed by atoms with Gasteiger partial charge in [0.1, 0.15) is 0 Å². The number of rotatable bonds is 5. The summed E-state index contributed by atoms with van der Waals surface area (Å²) >= 11 is 1.51. The first-order valence-electron chi connectivity index (χ1n) is 6.44. The molecule has 2 amide bonds. The Labute approximate surface area is 123 Å². The lowest BCUT2D eigenvalue weighted by molar-refractivity contribution is 0.241. The second kappa shape index (κ2) is 6.58. The van der Waals surface area contributed by atoms with Gasteiger partial charge in [-0.25, -0.2) is 4.79 Å². The van der Waals surface area contributed by atoms with Crippen LogP contribution in [0.15, 0.2) is 35.8 Å². The highest BCUT2D eigenvalue weighted by atomic mass is 32.1. The Morgan fingerprint density at radius 2 is 2.20 bits per heavy atom. The average Bonchev–Trinajstić information content (AvgIpc) is 3.02. The summed E-state index contributed by atoms with van der Waals surface area (Å²) in [5.41, 5.74) is 1.17. The lowest BCUT2D eigenvalue weighted by Crippen LogP contribution is -2.37. The summed E-state index contributed by atoms with van der Waals surface area (Å²) in [5.74, 6) is 0. The number of likely N-dealkylation sites (N-methyl/N-ethyl adjacent to an activating group) is 1. The third-order valence-corrected chi connectivity index (χ3v) is 3.95. The van der Waals surface area contributed by atoms with Gasteiger partial charge >= 0.3 is 6.03 Å². The molecule has 0 fully saturated rings. The van der Waals surface area contributed by atoms with Crippen LogP contribution in [0.1, 0.15) is 11.7 Å². The first kappa shape index (κ1) is 14.6. The van der Waals surface area contributed by atoms with Crippen molar-refractivity contribution in [2.75, 3.05) is 26.0 Å². The van der Waals surface area contributed by atoms with Crippen LogP contribution in [0, 0.1) is 0 Å². The van der Waals surface area contributed by atoms with Crippen LogP contribution in [0.25, 0.3) is 0 Å². The quantitative estimate of drug-likeness (QED) is 0.889. The van der Waals surface area contributed by atoms with Gasteiger partial charge in [-0.3, -0.25) is 10.2 Å². The standard InChI is InChI=1S/C14H20N4OS/c1-17(2)12(11-6-4-8-18(11)3)10-15-14(19)16-13-7-5-9-20-13/h4-9,12H,10H2,1-3H3,(H2,15,16,19)/t12-/m1/s1. The molecule has 5 nitrogen and oxygen atoms in total. The molecule has 0 saturated carbocycles. The van der Waals surface area contributed by atoms with Crippen LogP contribution in [0.4, 0.5) is 9.80 Å². The van der Waals surface area contributed by atoms with Crippen molar-refractivity contribution in [1.82, 2.24) is 14.8 Å². The largest absolute Gasteiger partial charge is 0.353 e. The number of urea groups is 1. The van der Waals surface area contributed by atoms with Crippen LogP contribution in [0.3, 0.4) is 0 Å². The van der Waals surface area contributed by atoms with Crippen LogP contribution in [-0.2, 0) is 7.05 Å². The number of thiophene rings is 1. The van der Waals surface area contributed by atoms with E-state index < -0.39 is 0 Å². The zero-order chi connectivity index (χ0) is 14.5. The number of amides is 2. The topological polar surface area (TPSA) is 49.3 Å². The predicted molar refractivity (Wildman–Crippen MR) is 83.2 cm³/mol. The summed E-state index contributed by atoms with van der Waals surface area (Å²) in [6, 6.07) is 7.84. The van der Waals surface area contributed by atoms with Gasteiger partial charge in [0, 0.05) is 25.5 Å². The number of carbonyl (C=O) groups excluding carboxylic acids is 1. The van der Waals surface area contributed by atoms with E-state index >= 15 is 0 Å². The maximum atomic E-state index is 11.9. The molecular formula is C14H20N4OS. The van der Waals surface area contributed by atoms with E-state index in [0.29, 0.717) is 6.54 Å². The van der Waals surface area contributed by atoms with Crippen molar-refractivity contribution in [2.45, 2.75) is 6.04 Å². The molecule has 0 unspecified atom stereocenters. The molecule has 1 atom stereocenters. The third kappa shape index (κ3) is 3.61. The second-order valence-electron chi connectivity index (χ2n) is 4.84. The number of aryl methyl sites for hydroxylation is 1. The van der Waals surface area contributed by atoms with Gasteiger partial charge in [0.15, 0.2) is 0 Å². The third-order valence-electron chi connectivity index (χ3n) is 3.16. The minimum absolute atomic E-state index is 0.143. The molecule has 0 aliphatic rings. The van der Waals surface area contributed by atoms with Crippen molar-refractivity contribution >= 4 is 22.4 Å². The van der Waals surface area contributed by atoms with E-state index in [0.717, 1.165) is 5.00 Å². The summed E-state index contributed by atoms with van der Waals surface area (Å²) in [4.78, 5) is 13.9. The predicted octanol–water partition coefficient (Wildman–Crippen LogP) is 2.51. The Kier molecular flexibility index (Phi) is 4.81. The van der Waals surface area contributed by atoms with Crippen LogP contribution in [-0.4, -0.2) is 36.1 Å². The smallest absolute Gasteiger partial charge is 0.319 e. The summed E-state index contributed by atoms with van der Waals surface area (Å²) in [6.45, 7) is 0.558. The number of hydrogen-bond donors (Lipinski definition) is 2. The maximum absolute atomic E-state index is 11.9. The van der Waals surface area contributed by atoms with E-state index in [4.69, 9.17) is 0 Å². The van der Waals surface area contributed by atoms with E-state index in [1.807, 2.05) is 50.9 Å². The fraction of sp³-hybridized carbons (Fsp3) is 0.357. The van der Waals surface area contributed by atoms with Gasteiger partial charge in [-0.1, -0.05) is 0 Å². The summed E-state index contributed by atoms with van der Waals surface area (Å²) in [5, 5.41) is 8.52. The molecule has 20 heavy (non-hydrogen) atoms. The van der Waals surface area contributed by atoms with Crippen molar-refractivity contribution in [3.8, 4) is 0 Å². The number of nitrogens with one attached hydrogen (secondary N) is 2. The maximum Gasteiger partial charge on any atom is 0.319 e. The molecule has 0 aromatic carbocycles. The highest BCUT2D eigenvalue weighted by Gasteiger charge is 2.17. The van der Waals surface area contributed by atoms with Gasteiger partial charge in [-0.15, -0.1) is 11.3 Å². The second-order valence-corrected chi connectivity index (χ2v) is 5.78. The summed E-state index contributed by atoms with van der Waals surface area (Å²) < 4.78 is 2.07. The first-order valence-corrected chi connectivity index (χ1v) is 7.32. The van der Waals surface area contributed by atoms with E-state index in [1.54, 1.807) is 0 Å². The highest BCUT2D eigenvalue weighted by Crippen LogP contribution is 2.18. The van der Waals surface area contributed by atoms with Crippen LogP contribution < -0.4 is 10.6 Å². The zero-order valence-corrected chi connectivity index (χ0v) is 12.8. The molecule has 0 saturated heterocycles. The molecular weight excluding hydrogens is 272 g/mol. The number of carbonyl (C=O) groups is 1. The van der Waals surface area contributed by atoms with Crippen molar-refractivity contribution in [3.05, 3.63) is 41.5 Å².